The number of aromatic hydroxyl groups is 1. The molecule has 160 valence electrons. The van der Waals surface area contributed by atoms with Crippen LogP contribution in [0.4, 0.5) is 0 Å². The molecular formula is C25H36O4. The number of carbonyl (C=O) groups excluding carboxylic acids is 2. The maximum Gasteiger partial charge on any atom is 0.177 e. The molecule has 4 atom stereocenters. The number of phenols is 1. The monoisotopic (exact) mass is 400 g/mol. The van der Waals surface area contributed by atoms with E-state index in [9.17, 15) is 14.7 Å². The number of aldehydes is 1. The highest BCUT2D eigenvalue weighted by Gasteiger charge is 2.44. The van der Waals surface area contributed by atoms with Crippen LogP contribution in [0.15, 0.2) is 12.1 Å². The first kappa shape index (κ1) is 21.9. The number of phenolic OH excluding ortho intramolecular Hbond substituents is 1. The highest BCUT2D eigenvalue weighted by molar-refractivity contribution is 6.09. The number of hydrogen-bond donors (Lipinski definition) is 1. The maximum atomic E-state index is 12.9. The van der Waals surface area contributed by atoms with Crippen LogP contribution in [0.2, 0.25) is 0 Å². The Morgan fingerprint density at radius 2 is 1.86 bits per heavy atom. The van der Waals surface area contributed by atoms with Crippen LogP contribution in [0, 0.1) is 11.8 Å². The number of unbranched alkanes of at least 4 members (excludes halogenated alkanes) is 5. The van der Waals surface area contributed by atoms with E-state index < -0.39 is 5.92 Å². The van der Waals surface area contributed by atoms with Gasteiger partial charge in [-0.15, -0.1) is 0 Å². The van der Waals surface area contributed by atoms with Gasteiger partial charge in [0.05, 0.1) is 17.6 Å². The Bertz CT molecular complexity index is 711. The molecular weight excluding hydrogens is 364 g/mol. The molecule has 0 aliphatic heterocycles. The van der Waals surface area contributed by atoms with Crippen molar-refractivity contribution in [2.75, 3.05) is 0 Å². The van der Waals surface area contributed by atoms with Gasteiger partial charge >= 0.3 is 0 Å². The van der Waals surface area contributed by atoms with E-state index in [2.05, 4.69) is 13.8 Å². The fourth-order valence-corrected chi connectivity index (χ4v) is 5.25. The van der Waals surface area contributed by atoms with Gasteiger partial charge in [0.1, 0.15) is 17.8 Å². The quantitative estimate of drug-likeness (QED) is 0.289. The van der Waals surface area contributed by atoms with Gasteiger partial charge < -0.3 is 14.6 Å². The number of rotatable bonds is 10. The number of ether oxygens (including phenoxy) is 1. The van der Waals surface area contributed by atoms with Crippen LogP contribution in [0.1, 0.15) is 106 Å². The van der Waals surface area contributed by atoms with Crippen molar-refractivity contribution >= 4 is 12.1 Å². The Balaban J connectivity index is 1.69. The molecule has 1 fully saturated rings. The molecule has 4 nitrogen and oxygen atoms in total. The molecule has 2 aliphatic carbocycles. The van der Waals surface area contributed by atoms with Gasteiger partial charge in [0.25, 0.3) is 0 Å². The van der Waals surface area contributed by atoms with Crippen molar-refractivity contribution < 1.29 is 19.4 Å². The van der Waals surface area contributed by atoms with Crippen LogP contribution >= 0.6 is 0 Å². The molecule has 29 heavy (non-hydrogen) atoms. The Morgan fingerprint density at radius 3 is 2.62 bits per heavy atom. The van der Waals surface area contributed by atoms with E-state index in [-0.39, 0.29) is 29.5 Å². The first-order chi connectivity index (χ1) is 14.1. The normalized spacial score (nSPS) is 24.5. The number of Topliss-reactive ketones (excluding diaryl/α,β-unsaturated/α-hetero) is 1. The molecule has 0 aromatic heterocycles. The third kappa shape index (κ3) is 5.02. The Hall–Kier alpha value is -1.84. The molecule has 2 unspecified atom stereocenters. The van der Waals surface area contributed by atoms with Crippen LogP contribution in [0.25, 0.3) is 0 Å². The summed E-state index contributed by atoms with van der Waals surface area (Å²) in [4.78, 5) is 24.5. The molecule has 1 saturated carbocycles. The van der Waals surface area contributed by atoms with Gasteiger partial charge in [-0.25, -0.2) is 0 Å². The Kier molecular flexibility index (Phi) is 7.74. The lowest BCUT2D eigenvalue weighted by atomic mass is 9.63. The number of hydrogen-bond acceptors (Lipinski definition) is 4. The zero-order chi connectivity index (χ0) is 20.8. The van der Waals surface area contributed by atoms with Gasteiger partial charge in [-0.2, -0.15) is 0 Å². The molecule has 1 N–H and O–H groups in total. The summed E-state index contributed by atoms with van der Waals surface area (Å²) in [6.45, 7) is 4.30. The highest BCUT2D eigenvalue weighted by Crippen LogP contribution is 2.50. The van der Waals surface area contributed by atoms with Crippen molar-refractivity contribution in [3.05, 3.63) is 23.3 Å². The van der Waals surface area contributed by atoms with Crippen molar-refractivity contribution in [3.8, 4) is 11.5 Å². The zero-order valence-electron chi connectivity index (χ0n) is 18.0. The summed E-state index contributed by atoms with van der Waals surface area (Å²) in [7, 11) is 0. The molecule has 0 heterocycles. The summed E-state index contributed by atoms with van der Waals surface area (Å²) in [6.07, 6.45) is 13.4. The van der Waals surface area contributed by atoms with Gasteiger partial charge in [-0.3, -0.25) is 4.79 Å². The molecule has 4 heteroatoms. The van der Waals surface area contributed by atoms with E-state index in [1.165, 1.54) is 32.1 Å². The van der Waals surface area contributed by atoms with Crippen molar-refractivity contribution in [1.82, 2.24) is 0 Å². The van der Waals surface area contributed by atoms with E-state index in [0.717, 1.165) is 50.4 Å². The second-order valence-electron chi connectivity index (χ2n) is 8.97. The fourth-order valence-electron chi connectivity index (χ4n) is 5.25. The molecule has 1 aromatic rings. The van der Waals surface area contributed by atoms with Crippen molar-refractivity contribution in [2.45, 2.75) is 96.5 Å². The first-order valence-electron chi connectivity index (χ1n) is 11.6. The Labute approximate surface area is 175 Å². The average molecular weight is 401 g/mol. The largest absolute Gasteiger partial charge is 0.507 e. The summed E-state index contributed by atoms with van der Waals surface area (Å²) in [5, 5.41) is 10.6. The van der Waals surface area contributed by atoms with Gasteiger partial charge in [0.2, 0.25) is 0 Å². The second-order valence-corrected chi connectivity index (χ2v) is 8.97. The summed E-state index contributed by atoms with van der Waals surface area (Å²) >= 11 is 0. The minimum atomic E-state index is -0.614. The minimum absolute atomic E-state index is 0.0369. The number of carbonyl (C=O) groups is 2. The fraction of sp³-hybridized carbons (Fsp3) is 0.680. The molecule has 0 saturated heterocycles. The second kappa shape index (κ2) is 10.3. The standard InChI is InChI=1S/C25H36O4/c1-3-4-5-6-7-8-11-17(2)29-18-14-21-19-12-9-10-13-20(19)22(16-26)25(28)24(21)23(27)15-18/h14-17,19-20,22,27H,3-13H2,1-2H3/t17?,19-,20-,22?/m1/s1. The highest BCUT2D eigenvalue weighted by atomic mass is 16.5. The number of fused-ring (bicyclic) bond motifs is 3. The maximum absolute atomic E-state index is 12.9. The third-order valence-corrected chi connectivity index (χ3v) is 6.80. The predicted octanol–water partition coefficient (Wildman–Crippen LogP) is 6.20. The van der Waals surface area contributed by atoms with E-state index in [0.29, 0.717) is 11.3 Å². The zero-order valence-corrected chi connectivity index (χ0v) is 18.0. The predicted molar refractivity (Wildman–Crippen MR) is 115 cm³/mol. The SMILES string of the molecule is CCCCCCCCC(C)Oc1cc(O)c2c(c1)[C@@H]1CCCC[C@H]1C(C=O)C2=O. The summed E-state index contributed by atoms with van der Waals surface area (Å²) in [5.74, 6) is -0.00241. The summed E-state index contributed by atoms with van der Waals surface area (Å²) < 4.78 is 6.12. The molecule has 0 amide bonds. The topological polar surface area (TPSA) is 63.6 Å². The van der Waals surface area contributed by atoms with Crippen LogP contribution in [0.5, 0.6) is 11.5 Å². The minimum Gasteiger partial charge on any atom is -0.507 e. The van der Waals surface area contributed by atoms with Crippen LogP contribution in [-0.4, -0.2) is 23.3 Å². The van der Waals surface area contributed by atoms with Gasteiger partial charge in [0, 0.05) is 6.07 Å². The molecule has 0 radical (unpaired) electrons. The van der Waals surface area contributed by atoms with E-state index in [4.69, 9.17) is 4.74 Å². The lowest BCUT2D eigenvalue weighted by Gasteiger charge is -2.40. The van der Waals surface area contributed by atoms with E-state index >= 15 is 0 Å². The number of ketones is 1. The Morgan fingerprint density at radius 1 is 1.14 bits per heavy atom. The first-order valence-corrected chi connectivity index (χ1v) is 11.6. The molecule has 0 bridgehead atoms. The van der Waals surface area contributed by atoms with Crippen molar-refractivity contribution in [2.24, 2.45) is 11.8 Å². The van der Waals surface area contributed by atoms with E-state index in [1.807, 2.05) is 6.07 Å². The summed E-state index contributed by atoms with van der Waals surface area (Å²) in [6, 6.07) is 3.51. The molecule has 1 aromatic carbocycles. The van der Waals surface area contributed by atoms with Crippen LogP contribution in [-0.2, 0) is 4.79 Å². The molecule has 0 spiro atoms. The summed E-state index contributed by atoms with van der Waals surface area (Å²) in [5.41, 5.74) is 1.24. The smallest absolute Gasteiger partial charge is 0.177 e. The van der Waals surface area contributed by atoms with Crippen LogP contribution < -0.4 is 4.74 Å². The number of benzene rings is 1. The van der Waals surface area contributed by atoms with E-state index in [1.54, 1.807) is 6.07 Å². The van der Waals surface area contributed by atoms with Gasteiger partial charge in [0.15, 0.2) is 5.78 Å². The van der Waals surface area contributed by atoms with Gasteiger partial charge in [-0.1, -0.05) is 51.9 Å². The van der Waals surface area contributed by atoms with Gasteiger partial charge in [-0.05, 0) is 56.1 Å². The average Bonchev–Trinajstić information content (AvgIpc) is 2.70. The van der Waals surface area contributed by atoms with Crippen molar-refractivity contribution in [1.29, 1.82) is 0 Å². The van der Waals surface area contributed by atoms with Crippen LogP contribution in [0.3, 0.4) is 0 Å². The third-order valence-electron chi connectivity index (χ3n) is 6.80. The molecule has 2 aliphatic rings. The lowest BCUT2D eigenvalue weighted by molar-refractivity contribution is -0.111. The lowest BCUT2D eigenvalue weighted by Crippen LogP contribution is -2.37. The van der Waals surface area contributed by atoms with Crippen molar-refractivity contribution in [3.63, 3.8) is 0 Å². The molecule has 3 rings (SSSR count).